The average Bonchev–Trinajstić information content (AvgIpc) is 2.93. The molecule has 2 aromatic rings. The van der Waals surface area contributed by atoms with Crippen LogP contribution < -0.4 is 5.32 Å². The van der Waals surface area contributed by atoms with E-state index in [1.54, 1.807) is 24.7 Å². The molecular weight excluding hydrogens is 310 g/mol. The largest absolute Gasteiger partial charge is 0.323 e. The minimum atomic E-state index is -0.0182. The van der Waals surface area contributed by atoms with Crippen molar-refractivity contribution in [3.63, 3.8) is 0 Å². The normalized spacial score (nSPS) is 10.4. The van der Waals surface area contributed by atoms with Crippen LogP contribution in [-0.2, 0) is 4.79 Å². The minimum absolute atomic E-state index is 0.0182. The Morgan fingerprint density at radius 2 is 2.32 bits per heavy atom. The van der Waals surface area contributed by atoms with Crippen LogP contribution in [0.4, 0.5) is 5.69 Å². The number of pyridine rings is 1. The van der Waals surface area contributed by atoms with Gasteiger partial charge < -0.3 is 5.32 Å². The summed E-state index contributed by atoms with van der Waals surface area (Å²) in [6.45, 7) is 0. The van der Waals surface area contributed by atoms with Gasteiger partial charge >= 0.3 is 0 Å². The van der Waals surface area contributed by atoms with Gasteiger partial charge in [-0.15, -0.1) is 0 Å². The molecule has 0 aliphatic carbocycles. The maximum absolute atomic E-state index is 11.8. The molecule has 1 amide bonds. The molecule has 0 atom stereocenters. The van der Waals surface area contributed by atoms with Crippen molar-refractivity contribution < 1.29 is 4.79 Å². The Kier molecular flexibility index (Phi) is 5.02. The zero-order chi connectivity index (χ0) is 13.5. The van der Waals surface area contributed by atoms with Gasteiger partial charge in [-0.1, -0.05) is 15.9 Å². The van der Waals surface area contributed by atoms with Crippen molar-refractivity contribution in [1.29, 1.82) is 0 Å². The van der Waals surface area contributed by atoms with E-state index in [9.17, 15) is 4.79 Å². The quantitative estimate of drug-likeness (QED) is 0.653. The highest BCUT2D eigenvalue weighted by molar-refractivity contribution is 9.09. The molecule has 0 aliphatic heterocycles. The second kappa shape index (κ2) is 6.98. The van der Waals surface area contributed by atoms with Crippen molar-refractivity contribution in [3.05, 3.63) is 31.0 Å². The second-order valence-corrected chi connectivity index (χ2v) is 4.70. The molecule has 0 saturated carbocycles. The number of alkyl halides is 1. The Bertz CT molecular complexity index is 529. The first kappa shape index (κ1) is 13.7. The number of aromatic nitrogens is 4. The van der Waals surface area contributed by atoms with Gasteiger partial charge in [0.05, 0.1) is 5.69 Å². The third-order valence-corrected chi connectivity index (χ3v) is 3.04. The van der Waals surface area contributed by atoms with Crippen molar-refractivity contribution in [2.75, 3.05) is 10.6 Å². The van der Waals surface area contributed by atoms with E-state index in [0.29, 0.717) is 17.9 Å². The molecule has 7 heteroatoms. The van der Waals surface area contributed by atoms with Gasteiger partial charge in [0.1, 0.15) is 12.7 Å². The third kappa shape index (κ3) is 3.85. The van der Waals surface area contributed by atoms with E-state index in [-0.39, 0.29) is 5.91 Å². The molecule has 0 saturated heterocycles. The molecule has 6 nitrogen and oxygen atoms in total. The number of carbonyl (C=O) groups is 1. The van der Waals surface area contributed by atoms with Gasteiger partial charge in [0.25, 0.3) is 0 Å². The van der Waals surface area contributed by atoms with Crippen LogP contribution in [0.25, 0.3) is 5.82 Å². The number of unbranched alkanes of at least 4 members (excludes halogenated alkanes) is 1. The number of hydrogen-bond donors (Lipinski definition) is 1. The van der Waals surface area contributed by atoms with Crippen LogP contribution in [0, 0.1) is 0 Å². The van der Waals surface area contributed by atoms with Crippen molar-refractivity contribution in [1.82, 2.24) is 19.7 Å². The van der Waals surface area contributed by atoms with E-state index in [2.05, 4.69) is 36.3 Å². The van der Waals surface area contributed by atoms with E-state index < -0.39 is 0 Å². The Morgan fingerprint density at radius 3 is 3.05 bits per heavy atom. The molecule has 0 bridgehead atoms. The van der Waals surface area contributed by atoms with E-state index in [4.69, 9.17) is 0 Å². The molecule has 0 unspecified atom stereocenters. The highest BCUT2D eigenvalue weighted by Crippen LogP contribution is 2.16. The lowest BCUT2D eigenvalue weighted by atomic mass is 10.2. The fraction of sp³-hybridized carbons (Fsp3) is 0.333. The molecule has 0 aromatic carbocycles. The van der Waals surface area contributed by atoms with Crippen LogP contribution in [0.2, 0.25) is 0 Å². The van der Waals surface area contributed by atoms with Gasteiger partial charge in [0.2, 0.25) is 5.91 Å². The number of nitrogens with one attached hydrogen (secondary N) is 1. The lowest BCUT2D eigenvalue weighted by Gasteiger charge is -2.09. The van der Waals surface area contributed by atoms with Gasteiger partial charge in [-0.3, -0.25) is 4.79 Å². The molecule has 2 rings (SSSR count). The number of hydrogen-bond acceptors (Lipinski definition) is 4. The van der Waals surface area contributed by atoms with Crippen LogP contribution in [0.5, 0.6) is 0 Å². The Morgan fingerprint density at radius 1 is 1.42 bits per heavy atom. The Balaban J connectivity index is 2.06. The first-order chi connectivity index (χ1) is 9.31. The first-order valence-corrected chi connectivity index (χ1v) is 7.09. The summed E-state index contributed by atoms with van der Waals surface area (Å²) >= 11 is 3.34. The SMILES string of the molecule is O=C(CCCCBr)Nc1cccnc1-n1cncn1. The van der Waals surface area contributed by atoms with Crippen LogP contribution >= 0.6 is 15.9 Å². The molecule has 0 radical (unpaired) electrons. The zero-order valence-corrected chi connectivity index (χ0v) is 11.9. The first-order valence-electron chi connectivity index (χ1n) is 5.97. The average molecular weight is 324 g/mol. The summed E-state index contributed by atoms with van der Waals surface area (Å²) < 4.78 is 1.52. The lowest BCUT2D eigenvalue weighted by molar-refractivity contribution is -0.116. The summed E-state index contributed by atoms with van der Waals surface area (Å²) in [5.74, 6) is 0.546. The smallest absolute Gasteiger partial charge is 0.224 e. The number of carbonyl (C=O) groups excluding carboxylic acids is 1. The molecule has 0 spiro atoms. The van der Waals surface area contributed by atoms with Crippen molar-refractivity contribution in [2.24, 2.45) is 0 Å². The standard InChI is InChI=1S/C12H14BrN5O/c13-6-2-1-5-11(19)17-10-4-3-7-15-12(10)18-9-14-8-16-18/h3-4,7-9H,1-2,5-6H2,(H,17,19). The topological polar surface area (TPSA) is 72.7 Å². The van der Waals surface area contributed by atoms with E-state index >= 15 is 0 Å². The lowest BCUT2D eigenvalue weighted by Crippen LogP contribution is -2.14. The minimum Gasteiger partial charge on any atom is -0.323 e. The molecule has 0 fully saturated rings. The molecule has 19 heavy (non-hydrogen) atoms. The van der Waals surface area contributed by atoms with Gasteiger partial charge in [0.15, 0.2) is 5.82 Å². The van der Waals surface area contributed by atoms with Gasteiger partial charge in [0, 0.05) is 17.9 Å². The molecule has 1 N–H and O–H groups in total. The van der Waals surface area contributed by atoms with E-state index in [0.717, 1.165) is 18.2 Å². The highest BCUT2D eigenvalue weighted by atomic mass is 79.9. The Hall–Kier alpha value is -1.76. The van der Waals surface area contributed by atoms with Crippen LogP contribution in [0.3, 0.4) is 0 Å². The molecule has 100 valence electrons. The van der Waals surface area contributed by atoms with Crippen molar-refractivity contribution in [2.45, 2.75) is 19.3 Å². The summed E-state index contributed by atoms with van der Waals surface area (Å²) in [6, 6.07) is 3.57. The number of nitrogens with zero attached hydrogens (tertiary/aromatic N) is 4. The van der Waals surface area contributed by atoms with Crippen LogP contribution in [-0.4, -0.2) is 31.0 Å². The van der Waals surface area contributed by atoms with Crippen molar-refractivity contribution in [3.8, 4) is 5.82 Å². The number of halogens is 1. The van der Waals surface area contributed by atoms with Gasteiger partial charge in [-0.2, -0.15) is 5.10 Å². The summed E-state index contributed by atoms with van der Waals surface area (Å²) in [5, 5.41) is 7.78. The van der Waals surface area contributed by atoms with Gasteiger partial charge in [-0.05, 0) is 25.0 Å². The third-order valence-electron chi connectivity index (χ3n) is 2.48. The Labute approximate surface area is 119 Å². The number of amides is 1. The highest BCUT2D eigenvalue weighted by Gasteiger charge is 2.09. The van der Waals surface area contributed by atoms with E-state index in [1.807, 2.05) is 0 Å². The fourth-order valence-corrected chi connectivity index (χ4v) is 1.98. The summed E-state index contributed by atoms with van der Waals surface area (Å²) in [6.07, 6.45) is 6.96. The molecule has 2 aromatic heterocycles. The fourth-order valence-electron chi connectivity index (χ4n) is 1.59. The summed E-state index contributed by atoms with van der Waals surface area (Å²) in [5.41, 5.74) is 0.636. The zero-order valence-electron chi connectivity index (χ0n) is 10.3. The van der Waals surface area contributed by atoms with E-state index in [1.165, 1.54) is 11.0 Å². The van der Waals surface area contributed by atoms with Crippen LogP contribution in [0.1, 0.15) is 19.3 Å². The van der Waals surface area contributed by atoms with Crippen molar-refractivity contribution >= 4 is 27.5 Å². The number of rotatable bonds is 6. The maximum Gasteiger partial charge on any atom is 0.224 e. The summed E-state index contributed by atoms with van der Waals surface area (Å²) in [7, 11) is 0. The van der Waals surface area contributed by atoms with Crippen LogP contribution in [0.15, 0.2) is 31.0 Å². The van der Waals surface area contributed by atoms with Gasteiger partial charge in [-0.25, -0.2) is 14.6 Å². The molecule has 0 aliphatic rings. The predicted molar refractivity (Wildman–Crippen MR) is 75.4 cm³/mol. The molecular formula is C12H14BrN5O. The maximum atomic E-state index is 11.8. The summed E-state index contributed by atoms with van der Waals surface area (Å²) in [4.78, 5) is 19.9. The number of anilines is 1. The second-order valence-electron chi connectivity index (χ2n) is 3.91. The molecule has 2 heterocycles. The monoisotopic (exact) mass is 323 g/mol. The predicted octanol–water partition coefficient (Wildman–Crippen LogP) is 2.17.